The van der Waals surface area contributed by atoms with Gasteiger partial charge in [-0.1, -0.05) is 11.6 Å². The molecule has 3 rings (SSSR count). The Hall–Kier alpha value is -0.890. The van der Waals surface area contributed by atoms with Crippen LogP contribution < -0.4 is 9.47 Å². The molecule has 0 saturated heterocycles. The molecule has 80 valence electrons. The third-order valence-corrected chi connectivity index (χ3v) is 3.34. The van der Waals surface area contributed by atoms with Gasteiger partial charge >= 0.3 is 0 Å². The largest absolute Gasteiger partial charge is 0.483 e. The van der Waals surface area contributed by atoms with Crippen LogP contribution in [-0.2, 0) is 0 Å². The van der Waals surface area contributed by atoms with Crippen molar-refractivity contribution in [3.63, 3.8) is 0 Å². The fourth-order valence-corrected chi connectivity index (χ4v) is 2.49. The Labute approximate surface area is 94.1 Å². The summed E-state index contributed by atoms with van der Waals surface area (Å²) in [6.45, 7) is 0. The Balaban J connectivity index is 1.92. The quantitative estimate of drug-likeness (QED) is 0.672. The van der Waals surface area contributed by atoms with E-state index in [1.165, 1.54) is 12.8 Å². The van der Waals surface area contributed by atoms with Crippen LogP contribution in [0.2, 0.25) is 5.02 Å². The van der Waals surface area contributed by atoms with Gasteiger partial charge in [-0.15, -0.1) is 0 Å². The molecular formula is C12H13ClO2. The maximum absolute atomic E-state index is 5.92. The topological polar surface area (TPSA) is 18.5 Å². The molecule has 2 atom stereocenters. The van der Waals surface area contributed by atoms with Gasteiger partial charge in [0.2, 0.25) is 0 Å². The van der Waals surface area contributed by atoms with Gasteiger partial charge in [-0.3, -0.25) is 0 Å². The second-order valence-electron chi connectivity index (χ2n) is 4.19. The first kappa shape index (κ1) is 9.34. The zero-order valence-corrected chi connectivity index (χ0v) is 9.17. The fourth-order valence-electron chi connectivity index (χ4n) is 2.33. The van der Waals surface area contributed by atoms with Crippen molar-refractivity contribution in [2.45, 2.75) is 37.9 Å². The average molecular weight is 225 g/mol. The lowest BCUT2D eigenvalue weighted by Gasteiger charge is -2.36. The first-order valence-electron chi connectivity index (χ1n) is 5.46. The molecule has 1 heterocycles. The number of hydrogen-bond donors (Lipinski definition) is 0. The van der Waals surface area contributed by atoms with E-state index in [1.807, 2.05) is 18.2 Å². The lowest BCUT2D eigenvalue weighted by Crippen LogP contribution is -2.41. The lowest BCUT2D eigenvalue weighted by atomic mass is 9.94. The van der Waals surface area contributed by atoms with Crippen molar-refractivity contribution in [1.29, 1.82) is 0 Å². The molecule has 1 saturated carbocycles. The third-order valence-electron chi connectivity index (χ3n) is 3.10. The number of halogens is 1. The molecule has 1 aromatic rings. The molecule has 0 bridgehead atoms. The zero-order chi connectivity index (χ0) is 10.3. The van der Waals surface area contributed by atoms with E-state index in [4.69, 9.17) is 21.1 Å². The SMILES string of the molecule is Clc1ccc2c(c1)OC1CCCCC1O2. The van der Waals surface area contributed by atoms with E-state index >= 15 is 0 Å². The fraction of sp³-hybridized carbons (Fsp3) is 0.500. The summed E-state index contributed by atoms with van der Waals surface area (Å²) in [5.74, 6) is 1.63. The molecule has 2 unspecified atom stereocenters. The summed E-state index contributed by atoms with van der Waals surface area (Å²) in [7, 11) is 0. The number of benzene rings is 1. The minimum absolute atomic E-state index is 0.227. The highest BCUT2D eigenvalue weighted by molar-refractivity contribution is 6.30. The van der Waals surface area contributed by atoms with Gasteiger partial charge in [0.15, 0.2) is 11.5 Å². The van der Waals surface area contributed by atoms with E-state index in [0.29, 0.717) is 5.02 Å². The van der Waals surface area contributed by atoms with Crippen LogP contribution in [0.1, 0.15) is 25.7 Å². The van der Waals surface area contributed by atoms with Gasteiger partial charge < -0.3 is 9.47 Å². The Morgan fingerprint density at radius 2 is 1.67 bits per heavy atom. The molecule has 2 nitrogen and oxygen atoms in total. The molecule has 1 aliphatic heterocycles. The second-order valence-corrected chi connectivity index (χ2v) is 4.62. The van der Waals surface area contributed by atoms with E-state index in [0.717, 1.165) is 24.3 Å². The van der Waals surface area contributed by atoms with Gasteiger partial charge in [0, 0.05) is 11.1 Å². The van der Waals surface area contributed by atoms with Crippen molar-refractivity contribution in [1.82, 2.24) is 0 Å². The first-order valence-corrected chi connectivity index (χ1v) is 5.83. The second kappa shape index (κ2) is 3.60. The lowest BCUT2D eigenvalue weighted by molar-refractivity contribution is -0.00600. The molecule has 0 radical (unpaired) electrons. The van der Waals surface area contributed by atoms with Crippen LogP contribution in [0, 0.1) is 0 Å². The Morgan fingerprint density at radius 1 is 1.00 bits per heavy atom. The van der Waals surface area contributed by atoms with E-state index in [-0.39, 0.29) is 12.2 Å². The summed E-state index contributed by atoms with van der Waals surface area (Å²) >= 11 is 5.92. The van der Waals surface area contributed by atoms with E-state index < -0.39 is 0 Å². The summed E-state index contributed by atoms with van der Waals surface area (Å²) < 4.78 is 11.8. The van der Waals surface area contributed by atoms with Crippen LogP contribution in [0.4, 0.5) is 0 Å². The number of fused-ring (bicyclic) bond motifs is 2. The molecule has 0 aromatic heterocycles. The number of ether oxygens (including phenoxy) is 2. The van der Waals surface area contributed by atoms with Crippen LogP contribution in [0.3, 0.4) is 0 Å². The van der Waals surface area contributed by atoms with Gasteiger partial charge in [-0.25, -0.2) is 0 Å². The minimum atomic E-state index is 0.227. The van der Waals surface area contributed by atoms with E-state index in [9.17, 15) is 0 Å². The number of rotatable bonds is 0. The van der Waals surface area contributed by atoms with Crippen LogP contribution in [0.5, 0.6) is 11.5 Å². The summed E-state index contributed by atoms with van der Waals surface area (Å²) in [6, 6.07) is 5.57. The maximum Gasteiger partial charge on any atom is 0.163 e. The first-order chi connectivity index (χ1) is 7.33. The van der Waals surface area contributed by atoms with Crippen molar-refractivity contribution in [2.75, 3.05) is 0 Å². The van der Waals surface area contributed by atoms with Crippen molar-refractivity contribution < 1.29 is 9.47 Å². The van der Waals surface area contributed by atoms with E-state index in [2.05, 4.69) is 0 Å². The highest BCUT2D eigenvalue weighted by Gasteiger charge is 2.33. The Morgan fingerprint density at radius 3 is 2.40 bits per heavy atom. The standard InChI is InChI=1S/C12H13ClO2/c13-8-5-6-11-12(7-8)15-10-4-2-1-3-9(10)14-11/h5-7,9-10H,1-4H2. The van der Waals surface area contributed by atoms with Crippen molar-refractivity contribution >= 4 is 11.6 Å². The average Bonchev–Trinajstić information content (AvgIpc) is 2.26. The van der Waals surface area contributed by atoms with Gasteiger partial charge in [0.05, 0.1) is 0 Å². The third kappa shape index (κ3) is 1.67. The minimum Gasteiger partial charge on any atom is -0.483 e. The Bertz CT molecular complexity index is 378. The predicted octanol–water partition coefficient (Wildman–Crippen LogP) is 3.42. The molecule has 0 spiro atoms. The maximum atomic E-state index is 5.92. The molecule has 0 N–H and O–H groups in total. The van der Waals surface area contributed by atoms with Crippen LogP contribution in [0.15, 0.2) is 18.2 Å². The van der Waals surface area contributed by atoms with Crippen molar-refractivity contribution in [2.24, 2.45) is 0 Å². The monoisotopic (exact) mass is 224 g/mol. The molecule has 1 aliphatic carbocycles. The van der Waals surface area contributed by atoms with Crippen LogP contribution in [0.25, 0.3) is 0 Å². The highest BCUT2D eigenvalue weighted by atomic mass is 35.5. The summed E-state index contributed by atoms with van der Waals surface area (Å²) in [4.78, 5) is 0. The molecule has 0 amide bonds. The smallest absolute Gasteiger partial charge is 0.163 e. The summed E-state index contributed by atoms with van der Waals surface area (Å²) in [5.41, 5.74) is 0. The molecule has 2 aliphatic rings. The predicted molar refractivity (Wildman–Crippen MR) is 58.8 cm³/mol. The normalized spacial score (nSPS) is 28.3. The highest BCUT2D eigenvalue weighted by Crippen LogP contribution is 2.39. The molecule has 15 heavy (non-hydrogen) atoms. The van der Waals surface area contributed by atoms with Crippen LogP contribution in [-0.4, -0.2) is 12.2 Å². The van der Waals surface area contributed by atoms with Gasteiger partial charge in [-0.2, -0.15) is 0 Å². The summed E-state index contributed by atoms with van der Waals surface area (Å²) in [6.07, 6.45) is 5.15. The van der Waals surface area contributed by atoms with Crippen molar-refractivity contribution in [3.8, 4) is 11.5 Å². The molecular weight excluding hydrogens is 212 g/mol. The Kier molecular flexibility index (Phi) is 2.24. The van der Waals surface area contributed by atoms with Gasteiger partial charge in [-0.05, 0) is 37.8 Å². The zero-order valence-electron chi connectivity index (χ0n) is 8.41. The molecule has 1 fully saturated rings. The van der Waals surface area contributed by atoms with Crippen molar-refractivity contribution in [3.05, 3.63) is 23.2 Å². The summed E-state index contributed by atoms with van der Waals surface area (Å²) in [5, 5.41) is 0.701. The molecule has 1 aromatic carbocycles. The number of hydrogen-bond acceptors (Lipinski definition) is 2. The molecule has 3 heteroatoms. The van der Waals surface area contributed by atoms with Crippen LogP contribution >= 0.6 is 11.6 Å². The van der Waals surface area contributed by atoms with Gasteiger partial charge in [0.25, 0.3) is 0 Å². The van der Waals surface area contributed by atoms with E-state index in [1.54, 1.807) is 0 Å². The van der Waals surface area contributed by atoms with Gasteiger partial charge in [0.1, 0.15) is 12.2 Å².